The van der Waals surface area contributed by atoms with Gasteiger partial charge in [-0.1, -0.05) is 19.1 Å². The third-order valence-electron chi connectivity index (χ3n) is 5.32. The van der Waals surface area contributed by atoms with Crippen molar-refractivity contribution in [1.29, 1.82) is 0 Å². The van der Waals surface area contributed by atoms with Gasteiger partial charge in [-0.25, -0.2) is 13.4 Å². The van der Waals surface area contributed by atoms with E-state index in [4.69, 9.17) is 15.2 Å². The van der Waals surface area contributed by atoms with Crippen molar-refractivity contribution in [2.24, 2.45) is 0 Å². The van der Waals surface area contributed by atoms with Gasteiger partial charge in [-0.15, -0.1) is 0 Å². The first-order valence-electron chi connectivity index (χ1n) is 9.43. The van der Waals surface area contributed by atoms with Crippen LogP contribution in [0.4, 0.5) is 11.8 Å². The highest BCUT2D eigenvalue weighted by molar-refractivity contribution is 7.91. The summed E-state index contributed by atoms with van der Waals surface area (Å²) in [4.78, 5) is 10.6. The van der Waals surface area contributed by atoms with E-state index in [0.717, 1.165) is 12.0 Å². The number of rotatable bonds is 4. The Morgan fingerprint density at radius 1 is 1.14 bits per heavy atom. The van der Waals surface area contributed by atoms with Crippen LogP contribution in [-0.4, -0.2) is 50.5 Å². The van der Waals surface area contributed by atoms with Crippen LogP contribution >= 0.6 is 0 Å². The van der Waals surface area contributed by atoms with E-state index < -0.39 is 15.6 Å². The molecule has 2 aliphatic rings. The second-order valence-corrected chi connectivity index (χ2v) is 8.93. The summed E-state index contributed by atoms with van der Waals surface area (Å²) < 4.78 is 37.3. The fraction of sp³-hybridized carbons (Fsp3) is 0.474. The lowest BCUT2D eigenvalue weighted by molar-refractivity contribution is -0.169. The molecule has 2 N–H and O–H groups in total. The highest BCUT2D eigenvalue weighted by Crippen LogP contribution is 2.33. The zero-order valence-electron chi connectivity index (χ0n) is 15.8. The second-order valence-electron chi connectivity index (χ2n) is 7.02. The minimum Gasteiger partial charge on any atom is -0.382 e. The first-order valence-corrected chi connectivity index (χ1v) is 10.9. The van der Waals surface area contributed by atoms with Crippen molar-refractivity contribution >= 4 is 21.6 Å². The van der Waals surface area contributed by atoms with E-state index in [1.165, 1.54) is 6.20 Å². The van der Waals surface area contributed by atoms with E-state index >= 15 is 0 Å². The van der Waals surface area contributed by atoms with Gasteiger partial charge in [-0.05, 0) is 24.1 Å². The number of nitrogen functional groups attached to an aromatic ring is 1. The van der Waals surface area contributed by atoms with Gasteiger partial charge in [0.2, 0.25) is 15.8 Å². The normalized spacial score (nSPS) is 19.2. The van der Waals surface area contributed by atoms with Crippen LogP contribution in [0, 0.1) is 0 Å². The number of sulfone groups is 1. The van der Waals surface area contributed by atoms with Crippen molar-refractivity contribution in [3.05, 3.63) is 36.0 Å². The van der Waals surface area contributed by atoms with E-state index in [2.05, 4.69) is 9.97 Å². The fourth-order valence-electron chi connectivity index (χ4n) is 3.60. The fourth-order valence-corrected chi connectivity index (χ4v) is 4.86. The molecule has 1 spiro atoms. The lowest BCUT2D eigenvalue weighted by Crippen LogP contribution is -2.45. The number of aromatic nitrogens is 2. The molecule has 8 nitrogen and oxygen atoms in total. The minimum absolute atomic E-state index is 0.0433. The maximum Gasteiger partial charge on any atom is 0.227 e. The van der Waals surface area contributed by atoms with E-state index in [9.17, 15) is 8.42 Å². The number of hydrogen-bond donors (Lipinski definition) is 1. The molecular weight excluding hydrogens is 380 g/mol. The van der Waals surface area contributed by atoms with Crippen LogP contribution in [-0.2, 0) is 25.7 Å². The largest absolute Gasteiger partial charge is 0.382 e. The molecule has 1 aromatic carbocycles. The molecule has 150 valence electrons. The number of ether oxygens (including phenoxy) is 2. The van der Waals surface area contributed by atoms with Crippen LogP contribution in [0.1, 0.15) is 25.3 Å². The van der Waals surface area contributed by atoms with Crippen molar-refractivity contribution in [1.82, 2.24) is 9.97 Å². The van der Waals surface area contributed by atoms with Crippen molar-refractivity contribution in [2.45, 2.75) is 41.8 Å². The molecule has 28 heavy (non-hydrogen) atoms. The molecule has 0 atom stereocenters. The van der Waals surface area contributed by atoms with Crippen LogP contribution in [0.3, 0.4) is 0 Å². The van der Waals surface area contributed by atoms with Gasteiger partial charge in [0.15, 0.2) is 5.79 Å². The Morgan fingerprint density at radius 2 is 1.79 bits per heavy atom. The first-order chi connectivity index (χ1) is 13.4. The molecule has 0 unspecified atom stereocenters. The maximum absolute atomic E-state index is 12.9. The molecule has 4 rings (SSSR count). The summed E-state index contributed by atoms with van der Waals surface area (Å²) in [7, 11) is -3.77. The van der Waals surface area contributed by atoms with Gasteiger partial charge in [0.25, 0.3) is 0 Å². The van der Waals surface area contributed by atoms with Crippen LogP contribution in [0.25, 0.3) is 0 Å². The average molecular weight is 404 g/mol. The van der Waals surface area contributed by atoms with Crippen molar-refractivity contribution < 1.29 is 17.9 Å². The molecule has 0 radical (unpaired) electrons. The molecule has 2 aliphatic heterocycles. The molecule has 2 aromatic rings. The minimum atomic E-state index is -3.77. The zero-order valence-corrected chi connectivity index (χ0v) is 16.6. The zero-order chi connectivity index (χ0) is 19.8. The lowest BCUT2D eigenvalue weighted by atomic mass is 10.0. The van der Waals surface area contributed by atoms with Gasteiger partial charge >= 0.3 is 0 Å². The molecule has 0 aliphatic carbocycles. The van der Waals surface area contributed by atoms with E-state index in [1.807, 2.05) is 11.8 Å². The number of aryl methyl sites for hydroxylation is 1. The van der Waals surface area contributed by atoms with Gasteiger partial charge in [-0.2, -0.15) is 4.98 Å². The number of benzene rings is 1. The number of anilines is 2. The Balaban J connectivity index is 1.54. The van der Waals surface area contributed by atoms with Gasteiger partial charge in [0.1, 0.15) is 10.7 Å². The summed E-state index contributed by atoms with van der Waals surface area (Å²) >= 11 is 0. The van der Waals surface area contributed by atoms with Gasteiger partial charge in [0, 0.05) is 25.9 Å². The number of hydrogen-bond acceptors (Lipinski definition) is 8. The van der Waals surface area contributed by atoms with Crippen molar-refractivity contribution in [2.75, 3.05) is 36.9 Å². The highest BCUT2D eigenvalue weighted by atomic mass is 32.2. The highest BCUT2D eigenvalue weighted by Gasteiger charge is 2.40. The first kappa shape index (κ1) is 19.1. The summed E-state index contributed by atoms with van der Waals surface area (Å²) in [6.45, 7) is 4.57. The quantitative estimate of drug-likeness (QED) is 0.822. The predicted molar refractivity (Wildman–Crippen MR) is 104 cm³/mol. The third kappa shape index (κ3) is 3.45. The van der Waals surface area contributed by atoms with Gasteiger partial charge in [0.05, 0.1) is 24.3 Å². The second kappa shape index (κ2) is 7.31. The molecule has 0 amide bonds. The maximum atomic E-state index is 12.9. The van der Waals surface area contributed by atoms with Crippen LogP contribution in [0.2, 0.25) is 0 Å². The average Bonchev–Trinajstić information content (AvgIpc) is 3.16. The number of nitrogens with zero attached hydrogens (tertiary/aromatic N) is 3. The molecule has 3 heterocycles. The topological polar surface area (TPSA) is 108 Å². The molecule has 0 saturated carbocycles. The molecule has 2 saturated heterocycles. The summed E-state index contributed by atoms with van der Waals surface area (Å²) in [5.41, 5.74) is 7.08. The third-order valence-corrected chi connectivity index (χ3v) is 7.11. The van der Waals surface area contributed by atoms with E-state index in [-0.39, 0.29) is 15.6 Å². The van der Waals surface area contributed by atoms with E-state index in [0.29, 0.717) is 45.1 Å². The Morgan fingerprint density at radius 3 is 2.36 bits per heavy atom. The summed E-state index contributed by atoms with van der Waals surface area (Å²) in [5, 5.41) is 0. The van der Waals surface area contributed by atoms with E-state index in [1.54, 1.807) is 24.3 Å². The van der Waals surface area contributed by atoms with Crippen LogP contribution in [0.15, 0.2) is 40.3 Å². The number of nitrogens with two attached hydrogens (primary N) is 1. The molecule has 2 fully saturated rings. The van der Waals surface area contributed by atoms with Crippen LogP contribution < -0.4 is 10.6 Å². The predicted octanol–water partition coefficient (Wildman–Crippen LogP) is 1.80. The monoisotopic (exact) mass is 404 g/mol. The smallest absolute Gasteiger partial charge is 0.227 e. The van der Waals surface area contributed by atoms with Crippen LogP contribution in [0.5, 0.6) is 0 Å². The molecular formula is C19H24N4O4S. The van der Waals surface area contributed by atoms with Crippen molar-refractivity contribution in [3.63, 3.8) is 0 Å². The Kier molecular flexibility index (Phi) is 4.98. The standard InChI is InChI=1S/C19H24N4O4S/c1-2-14-3-5-15(6-4-14)28(24,25)16-13-21-18(22-17(16)20)23-9-7-19(8-10-23)26-11-12-27-19/h3-6,13H,2,7-12H2,1H3,(H2,20,21,22). The number of piperidine rings is 1. The Labute approximate surface area is 164 Å². The summed E-state index contributed by atoms with van der Waals surface area (Å²) in [5.74, 6) is -0.112. The van der Waals surface area contributed by atoms with Gasteiger partial charge < -0.3 is 20.1 Å². The summed E-state index contributed by atoms with van der Waals surface area (Å²) in [6, 6.07) is 6.78. The summed E-state index contributed by atoms with van der Waals surface area (Å²) in [6.07, 6.45) is 3.56. The van der Waals surface area contributed by atoms with Gasteiger partial charge in [-0.3, -0.25) is 0 Å². The Hall–Kier alpha value is -2.23. The Bertz CT molecular complexity index is 946. The SMILES string of the molecule is CCc1ccc(S(=O)(=O)c2cnc(N3CCC4(CC3)OCCO4)nc2N)cc1. The lowest BCUT2D eigenvalue weighted by Gasteiger charge is -2.37. The molecule has 0 bridgehead atoms. The molecule has 1 aromatic heterocycles. The molecule has 9 heteroatoms. The van der Waals surface area contributed by atoms with Crippen molar-refractivity contribution in [3.8, 4) is 0 Å².